The maximum atomic E-state index is 13.8. The molecule has 0 unspecified atom stereocenters. The number of benzene rings is 3. The lowest BCUT2D eigenvalue weighted by Gasteiger charge is -2.26. The van der Waals surface area contributed by atoms with Crippen molar-refractivity contribution in [3.8, 4) is 0 Å². The van der Waals surface area contributed by atoms with E-state index in [2.05, 4.69) is 21.3 Å². The fraction of sp³-hybridized carbons (Fsp3) is 0.400. The summed E-state index contributed by atoms with van der Waals surface area (Å²) in [6, 6.07) is 19.4. The van der Waals surface area contributed by atoms with Gasteiger partial charge in [0, 0.05) is 25.3 Å². The monoisotopic (exact) mass is 630 g/mol. The summed E-state index contributed by atoms with van der Waals surface area (Å²) < 4.78 is 5.41. The smallest absolute Gasteiger partial charge is 0.407 e. The summed E-state index contributed by atoms with van der Waals surface area (Å²) in [6.45, 7) is 4.31. The van der Waals surface area contributed by atoms with Crippen molar-refractivity contribution in [1.29, 1.82) is 0 Å². The van der Waals surface area contributed by atoms with Gasteiger partial charge in [-0.15, -0.1) is 0 Å². The highest BCUT2D eigenvalue weighted by Gasteiger charge is 2.34. The topological polar surface area (TPSA) is 163 Å². The lowest BCUT2D eigenvalue weighted by atomic mass is 9.96. The van der Waals surface area contributed by atoms with Gasteiger partial charge >= 0.3 is 12.1 Å². The van der Waals surface area contributed by atoms with Crippen LogP contribution in [0.1, 0.15) is 44.2 Å². The van der Waals surface area contributed by atoms with Crippen LogP contribution in [0.2, 0.25) is 0 Å². The molecule has 1 heterocycles. The Morgan fingerprint density at radius 1 is 0.870 bits per heavy atom. The van der Waals surface area contributed by atoms with E-state index in [0.717, 1.165) is 21.9 Å². The third-order valence-corrected chi connectivity index (χ3v) is 8.02. The number of rotatable bonds is 15. The summed E-state index contributed by atoms with van der Waals surface area (Å²) in [6.07, 6.45) is 0.477. The summed E-state index contributed by atoms with van der Waals surface area (Å²) in [7, 11) is 0. The van der Waals surface area contributed by atoms with Crippen LogP contribution < -0.4 is 21.3 Å². The lowest BCUT2D eigenvalue weighted by Crippen LogP contribution is -2.56. The van der Waals surface area contributed by atoms with Crippen LogP contribution in [-0.2, 0) is 36.8 Å². The molecule has 1 aliphatic rings. The predicted octanol–water partition coefficient (Wildman–Crippen LogP) is 3.35. The molecular weight excluding hydrogens is 588 g/mol. The molecule has 0 radical (unpaired) electrons. The number of aliphatic carboxylic acids is 1. The van der Waals surface area contributed by atoms with E-state index in [0.29, 0.717) is 19.4 Å². The zero-order chi connectivity index (χ0) is 33.1. The summed E-state index contributed by atoms with van der Waals surface area (Å²) in [5, 5.41) is 22.3. The highest BCUT2D eigenvalue weighted by atomic mass is 16.5. The first kappa shape index (κ1) is 34.0. The predicted molar refractivity (Wildman–Crippen MR) is 173 cm³/mol. The first-order valence-corrected chi connectivity index (χ1v) is 15.7. The number of hydrogen-bond acceptors (Lipinski definition) is 6. The molecule has 4 amide bonds. The Morgan fingerprint density at radius 2 is 1.54 bits per heavy atom. The van der Waals surface area contributed by atoms with Crippen molar-refractivity contribution in [2.24, 2.45) is 11.8 Å². The fourth-order valence-electron chi connectivity index (χ4n) is 5.61. The van der Waals surface area contributed by atoms with Crippen LogP contribution in [0.4, 0.5) is 4.79 Å². The minimum absolute atomic E-state index is 0.0348. The molecule has 3 aromatic carbocycles. The van der Waals surface area contributed by atoms with E-state index in [1.54, 1.807) is 0 Å². The first-order chi connectivity index (χ1) is 22.1. The van der Waals surface area contributed by atoms with Crippen molar-refractivity contribution in [3.05, 3.63) is 83.9 Å². The number of hydrogen-bond donors (Lipinski definition) is 5. The molecule has 0 spiro atoms. The standard InChI is InChI=1S/C35H42N4O7/c1-22(2)19-28(32(41)38-30(34(43)44)21-26-15-17-36-31(26)40)37-33(42)29(20-25-13-8-12-24-11-6-7-14-27(24)25)39-35(45)46-18-16-23-9-4-3-5-10-23/h3-14,22,26,28-30H,15-21H2,1-2H3,(H,36,40)(H,37,42)(H,38,41)(H,39,45)(H,43,44)/t26-,28-,29-,30-/m0/s1. The van der Waals surface area contributed by atoms with Crippen molar-refractivity contribution in [2.75, 3.05) is 13.2 Å². The minimum atomic E-state index is -1.31. The van der Waals surface area contributed by atoms with Gasteiger partial charge < -0.3 is 31.1 Å². The Morgan fingerprint density at radius 3 is 2.24 bits per heavy atom. The number of amides is 4. The number of alkyl carbamates (subject to hydrolysis) is 1. The second-order valence-corrected chi connectivity index (χ2v) is 12.0. The molecule has 11 heteroatoms. The van der Waals surface area contributed by atoms with Gasteiger partial charge in [0.05, 0.1) is 6.61 Å². The summed E-state index contributed by atoms with van der Waals surface area (Å²) in [5.41, 5.74) is 1.81. The van der Waals surface area contributed by atoms with E-state index in [9.17, 15) is 29.1 Å². The number of fused-ring (bicyclic) bond motifs is 1. The zero-order valence-electron chi connectivity index (χ0n) is 26.2. The first-order valence-electron chi connectivity index (χ1n) is 15.7. The molecule has 5 N–H and O–H groups in total. The Bertz CT molecular complexity index is 1520. The molecule has 244 valence electrons. The molecule has 11 nitrogen and oxygen atoms in total. The van der Waals surface area contributed by atoms with Crippen LogP contribution in [0.3, 0.4) is 0 Å². The van der Waals surface area contributed by atoms with Crippen LogP contribution in [-0.4, -0.2) is 66.2 Å². The Labute approximate surface area is 268 Å². The average molecular weight is 631 g/mol. The normalized spacial score (nSPS) is 16.2. The van der Waals surface area contributed by atoms with Crippen LogP contribution in [0.5, 0.6) is 0 Å². The molecular formula is C35H42N4O7. The van der Waals surface area contributed by atoms with Crippen LogP contribution in [0.25, 0.3) is 10.8 Å². The third-order valence-electron chi connectivity index (χ3n) is 8.02. The van der Waals surface area contributed by atoms with Gasteiger partial charge in [0.1, 0.15) is 18.1 Å². The number of carbonyl (C=O) groups excluding carboxylic acids is 4. The fourth-order valence-corrected chi connectivity index (χ4v) is 5.61. The molecule has 1 aliphatic heterocycles. The number of ether oxygens (including phenoxy) is 1. The van der Waals surface area contributed by atoms with Gasteiger partial charge in [0.15, 0.2) is 0 Å². The quantitative estimate of drug-likeness (QED) is 0.172. The minimum Gasteiger partial charge on any atom is -0.480 e. The summed E-state index contributed by atoms with van der Waals surface area (Å²) >= 11 is 0. The number of carboxylic acids is 1. The van der Waals surface area contributed by atoms with Gasteiger partial charge in [-0.1, -0.05) is 86.6 Å². The molecule has 0 saturated carbocycles. The number of carboxylic acid groups (broad SMARTS) is 1. The maximum Gasteiger partial charge on any atom is 0.407 e. The van der Waals surface area contributed by atoms with Crippen LogP contribution >= 0.6 is 0 Å². The molecule has 4 atom stereocenters. The summed E-state index contributed by atoms with van der Waals surface area (Å²) in [5.74, 6) is -3.37. The average Bonchev–Trinajstić information content (AvgIpc) is 3.44. The Hall–Kier alpha value is -4.93. The molecule has 0 aromatic heterocycles. The molecule has 46 heavy (non-hydrogen) atoms. The van der Waals surface area contributed by atoms with E-state index in [4.69, 9.17) is 4.74 Å². The van der Waals surface area contributed by atoms with Crippen molar-refractivity contribution >= 4 is 40.6 Å². The van der Waals surface area contributed by atoms with E-state index < -0.39 is 47.9 Å². The van der Waals surface area contributed by atoms with Crippen LogP contribution in [0.15, 0.2) is 72.8 Å². The molecule has 3 aromatic rings. The van der Waals surface area contributed by atoms with E-state index in [1.165, 1.54) is 0 Å². The van der Waals surface area contributed by atoms with Gasteiger partial charge in [0.25, 0.3) is 0 Å². The second-order valence-electron chi connectivity index (χ2n) is 12.0. The zero-order valence-corrected chi connectivity index (χ0v) is 26.2. The lowest BCUT2D eigenvalue weighted by molar-refractivity contribution is -0.143. The molecule has 4 rings (SSSR count). The van der Waals surface area contributed by atoms with Crippen molar-refractivity contribution in [2.45, 2.75) is 64.1 Å². The SMILES string of the molecule is CC(C)C[C@H](NC(=O)[C@H](Cc1cccc2ccccc12)NC(=O)OCCc1ccccc1)C(=O)N[C@@H](C[C@@H]1CCNC1=O)C(=O)O. The second kappa shape index (κ2) is 16.4. The van der Waals surface area contributed by atoms with Gasteiger partial charge in [-0.2, -0.15) is 0 Å². The van der Waals surface area contributed by atoms with Crippen molar-refractivity contribution in [3.63, 3.8) is 0 Å². The van der Waals surface area contributed by atoms with E-state index >= 15 is 0 Å². The molecule has 1 fully saturated rings. The van der Waals surface area contributed by atoms with Crippen molar-refractivity contribution in [1.82, 2.24) is 21.3 Å². The Kier molecular flexibility index (Phi) is 12.1. The summed E-state index contributed by atoms with van der Waals surface area (Å²) in [4.78, 5) is 64.3. The van der Waals surface area contributed by atoms with E-state index in [-0.39, 0.29) is 37.7 Å². The van der Waals surface area contributed by atoms with Gasteiger partial charge in [-0.3, -0.25) is 14.4 Å². The highest BCUT2D eigenvalue weighted by Crippen LogP contribution is 2.21. The van der Waals surface area contributed by atoms with Gasteiger partial charge in [-0.25, -0.2) is 9.59 Å². The van der Waals surface area contributed by atoms with E-state index in [1.807, 2.05) is 86.6 Å². The van der Waals surface area contributed by atoms with Crippen molar-refractivity contribution < 1.29 is 33.8 Å². The highest BCUT2D eigenvalue weighted by molar-refractivity contribution is 5.94. The maximum absolute atomic E-state index is 13.8. The number of carbonyl (C=O) groups is 5. The van der Waals surface area contributed by atoms with Crippen LogP contribution in [0, 0.1) is 11.8 Å². The van der Waals surface area contributed by atoms with Gasteiger partial charge in [0.2, 0.25) is 17.7 Å². The Balaban J connectivity index is 1.50. The largest absolute Gasteiger partial charge is 0.480 e. The molecule has 0 bridgehead atoms. The molecule has 0 aliphatic carbocycles. The molecule has 1 saturated heterocycles. The van der Waals surface area contributed by atoms with Gasteiger partial charge in [-0.05, 0) is 47.1 Å². The number of nitrogens with one attached hydrogen (secondary N) is 4. The third kappa shape index (κ3) is 9.79.